The van der Waals surface area contributed by atoms with Crippen LogP contribution in [-0.4, -0.2) is 28.5 Å². The number of aliphatic carboxylic acids is 1. The summed E-state index contributed by atoms with van der Waals surface area (Å²) in [5.41, 5.74) is 0.0567. The molecule has 19 heavy (non-hydrogen) atoms. The molecule has 7 heteroatoms. The summed E-state index contributed by atoms with van der Waals surface area (Å²) in [6.45, 7) is 1.56. The number of thioether (sulfide) groups is 1. The van der Waals surface area contributed by atoms with Crippen LogP contribution in [0.4, 0.5) is 10.1 Å². The van der Waals surface area contributed by atoms with E-state index in [9.17, 15) is 14.0 Å². The van der Waals surface area contributed by atoms with Crippen LogP contribution in [0.25, 0.3) is 0 Å². The number of carbonyl (C=O) groups excluding carboxylic acids is 1. The van der Waals surface area contributed by atoms with Gasteiger partial charge in [0.15, 0.2) is 0 Å². The molecule has 104 valence electrons. The number of halogens is 2. The zero-order chi connectivity index (χ0) is 14.4. The van der Waals surface area contributed by atoms with Crippen molar-refractivity contribution in [2.75, 3.05) is 16.8 Å². The normalized spacial score (nSPS) is 11.9. The standard InChI is InChI=1S/C12H13ClFNO3S/c1-7(12(17)18)5-19-6-11(16)15-10-3-2-8(13)4-9(10)14/h2-4,7H,5-6H2,1H3,(H,15,16)(H,17,18). The maximum atomic E-state index is 13.4. The van der Waals surface area contributed by atoms with Crippen LogP contribution in [0.5, 0.6) is 0 Å². The molecule has 1 amide bonds. The van der Waals surface area contributed by atoms with Gasteiger partial charge in [-0.2, -0.15) is 11.8 Å². The summed E-state index contributed by atoms with van der Waals surface area (Å²) in [5.74, 6) is -2.03. The van der Waals surface area contributed by atoms with E-state index in [0.29, 0.717) is 5.75 Å². The Kier molecular flexibility index (Phi) is 6.11. The summed E-state index contributed by atoms with van der Waals surface area (Å²) in [6.07, 6.45) is 0. The minimum absolute atomic E-state index is 0.0567. The van der Waals surface area contributed by atoms with Gasteiger partial charge in [-0.25, -0.2) is 4.39 Å². The van der Waals surface area contributed by atoms with Gasteiger partial charge in [-0.05, 0) is 18.2 Å². The Labute approximate surface area is 119 Å². The Morgan fingerprint density at radius 3 is 2.79 bits per heavy atom. The largest absolute Gasteiger partial charge is 0.481 e. The van der Waals surface area contributed by atoms with E-state index in [1.807, 2.05) is 0 Å². The van der Waals surface area contributed by atoms with E-state index in [0.717, 1.165) is 6.07 Å². The van der Waals surface area contributed by atoms with Crippen molar-refractivity contribution in [1.29, 1.82) is 0 Å². The minimum atomic E-state index is -0.906. The maximum Gasteiger partial charge on any atom is 0.307 e. The van der Waals surface area contributed by atoms with Gasteiger partial charge in [0.1, 0.15) is 5.82 Å². The highest BCUT2D eigenvalue weighted by Crippen LogP contribution is 2.19. The van der Waals surface area contributed by atoms with E-state index in [1.54, 1.807) is 6.92 Å². The molecule has 0 aromatic heterocycles. The Balaban J connectivity index is 2.41. The lowest BCUT2D eigenvalue weighted by atomic mass is 10.2. The van der Waals surface area contributed by atoms with Crippen molar-refractivity contribution in [3.8, 4) is 0 Å². The summed E-state index contributed by atoms with van der Waals surface area (Å²) in [5, 5.41) is 11.3. The van der Waals surface area contributed by atoms with Crippen LogP contribution in [0.2, 0.25) is 5.02 Å². The van der Waals surface area contributed by atoms with Gasteiger partial charge < -0.3 is 10.4 Å². The van der Waals surface area contributed by atoms with Crippen molar-refractivity contribution in [1.82, 2.24) is 0 Å². The van der Waals surface area contributed by atoms with Crippen molar-refractivity contribution < 1.29 is 19.1 Å². The lowest BCUT2D eigenvalue weighted by molar-refractivity contribution is -0.140. The maximum absolute atomic E-state index is 13.4. The predicted octanol–water partition coefficient (Wildman–Crippen LogP) is 2.87. The first-order chi connectivity index (χ1) is 8.90. The van der Waals surface area contributed by atoms with Crippen LogP contribution in [0.3, 0.4) is 0 Å². The third-order valence-corrected chi connectivity index (χ3v) is 3.66. The third-order valence-electron chi connectivity index (χ3n) is 2.23. The van der Waals surface area contributed by atoms with E-state index < -0.39 is 17.7 Å². The summed E-state index contributed by atoms with van der Waals surface area (Å²) in [7, 11) is 0. The predicted molar refractivity (Wildman–Crippen MR) is 74.2 cm³/mol. The van der Waals surface area contributed by atoms with Gasteiger partial charge in [0.2, 0.25) is 5.91 Å². The lowest BCUT2D eigenvalue weighted by Gasteiger charge is -2.08. The quantitative estimate of drug-likeness (QED) is 0.848. The lowest BCUT2D eigenvalue weighted by Crippen LogP contribution is -2.17. The van der Waals surface area contributed by atoms with E-state index in [2.05, 4.69) is 5.32 Å². The fourth-order valence-electron chi connectivity index (χ4n) is 1.18. The summed E-state index contributed by atoms with van der Waals surface area (Å²) in [4.78, 5) is 22.1. The van der Waals surface area contributed by atoms with Crippen molar-refractivity contribution in [2.45, 2.75) is 6.92 Å². The van der Waals surface area contributed by atoms with Crippen molar-refractivity contribution in [3.05, 3.63) is 29.0 Å². The molecule has 0 heterocycles. The third kappa shape index (κ3) is 5.48. The average molecular weight is 306 g/mol. The Hall–Kier alpha value is -1.27. The van der Waals surface area contributed by atoms with E-state index in [-0.39, 0.29) is 22.4 Å². The molecule has 0 radical (unpaired) electrons. The van der Waals surface area contributed by atoms with E-state index in [4.69, 9.17) is 16.7 Å². The molecule has 1 aromatic carbocycles. The Morgan fingerprint density at radius 1 is 1.53 bits per heavy atom. The van der Waals surface area contributed by atoms with Crippen LogP contribution in [-0.2, 0) is 9.59 Å². The SMILES string of the molecule is CC(CSCC(=O)Nc1ccc(Cl)cc1F)C(=O)O. The van der Waals surface area contributed by atoms with Gasteiger partial charge in [-0.15, -0.1) is 0 Å². The number of carbonyl (C=O) groups is 2. The second-order valence-electron chi connectivity index (χ2n) is 3.93. The molecule has 2 N–H and O–H groups in total. The molecule has 0 spiro atoms. The first-order valence-corrected chi connectivity index (χ1v) is 6.99. The second kappa shape index (κ2) is 7.35. The zero-order valence-corrected chi connectivity index (χ0v) is 11.7. The molecule has 0 saturated heterocycles. The number of amides is 1. The van der Waals surface area contributed by atoms with Gasteiger partial charge in [-0.1, -0.05) is 18.5 Å². The highest BCUT2D eigenvalue weighted by Gasteiger charge is 2.12. The van der Waals surface area contributed by atoms with Crippen LogP contribution >= 0.6 is 23.4 Å². The second-order valence-corrected chi connectivity index (χ2v) is 5.39. The van der Waals surface area contributed by atoms with Gasteiger partial charge in [0, 0.05) is 10.8 Å². The van der Waals surface area contributed by atoms with Crippen LogP contribution in [0, 0.1) is 11.7 Å². The fraction of sp³-hybridized carbons (Fsp3) is 0.333. The highest BCUT2D eigenvalue weighted by atomic mass is 35.5. The smallest absolute Gasteiger partial charge is 0.307 e. The first kappa shape index (κ1) is 15.8. The molecular formula is C12H13ClFNO3S. The molecule has 1 aromatic rings. The van der Waals surface area contributed by atoms with Gasteiger partial charge in [0.25, 0.3) is 0 Å². The molecule has 0 bridgehead atoms. The number of nitrogens with one attached hydrogen (secondary N) is 1. The zero-order valence-electron chi connectivity index (χ0n) is 10.2. The molecule has 4 nitrogen and oxygen atoms in total. The number of hydrogen-bond acceptors (Lipinski definition) is 3. The molecule has 0 saturated carbocycles. The first-order valence-electron chi connectivity index (χ1n) is 5.45. The van der Waals surface area contributed by atoms with Gasteiger partial charge >= 0.3 is 5.97 Å². The Morgan fingerprint density at radius 2 is 2.21 bits per heavy atom. The summed E-state index contributed by atoms with van der Waals surface area (Å²) >= 11 is 6.77. The number of benzene rings is 1. The van der Waals surface area contributed by atoms with Crippen molar-refractivity contribution in [3.63, 3.8) is 0 Å². The summed E-state index contributed by atoms with van der Waals surface area (Å²) in [6, 6.07) is 3.96. The Bertz CT molecular complexity index is 484. The number of hydrogen-bond donors (Lipinski definition) is 2. The highest BCUT2D eigenvalue weighted by molar-refractivity contribution is 8.00. The van der Waals surface area contributed by atoms with Crippen LogP contribution in [0.1, 0.15) is 6.92 Å². The number of carboxylic acid groups (broad SMARTS) is 1. The van der Waals surface area contributed by atoms with Gasteiger partial charge in [0.05, 0.1) is 17.4 Å². The molecule has 1 rings (SSSR count). The molecule has 1 unspecified atom stereocenters. The molecule has 0 fully saturated rings. The van der Waals surface area contributed by atoms with Crippen LogP contribution in [0.15, 0.2) is 18.2 Å². The molecule has 0 aliphatic carbocycles. The molecular weight excluding hydrogens is 293 g/mol. The molecule has 1 atom stereocenters. The fourth-order valence-corrected chi connectivity index (χ4v) is 2.21. The summed E-state index contributed by atoms with van der Waals surface area (Å²) < 4.78 is 13.4. The van der Waals surface area contributed by atoms with Crippen molar-refractivity contribution in [2.24, 2.45) is 5.92 Å². The number of rotatable bonds is 6. The minimum Gasteiger partial charge on any atom is -0.481 e. The van der Waals surface area contributed by atoms with E-state index in [1.165, 1.54) is 23.9 Å². The number of carboxylic acids is 1. The average Bonchev–Trinajstić information content (AvgIpc) is 2.32. The topological polar surface area (TPSA) is 66.4 Å². The van der Waals surface area contributed by atoms with Crippen LogP contribution < -0.4 is 5.32 Å². The van der Waals surface area contributed by atoms with Crippen molar-refractivity contribution >= 4 is 40.9 Å². The molecule has 0 aliphatic rings. The van der Waals surface area contributed by atoms with Gasteiger partial charge in [-0.3, -0.25) is 9.59 Å². The monoisotopic (exact) mass is 305 g/mol. The number of anilines is 1. The molecule has 0 aliphatic heterocycles. The van der Waals surface area contributed by atoms with E-state index >= 15 is 0 Å².